The molecule has 90 valence electrons. The first-order chi connectivity index (χ1) is 8.78. The number of hydrogen-bond donors (Lipinski definition) is 1. The number of rotatable bonds is 2. The molecule has 0 saturated heterocycles. The van der Waals surface area contributed by atoms with Crippen LogP contribution in [0.15, 0.2) is 42.7 Å². The minimum absolute atomic E-state index is 0.758. The highest BCUT2D eigenvalue weighted by Crippen LogP contribution is 2.18. The monoisotopic (exact) mass is 238 g/mol. The Morgan fingerprint density at radius 2 is 2.11 bits per heavy atom. The molecule has 0 fully saturated rings. The van der Waals surface area contributed by atoms with Crippen molar-refractivity contribution in [2.75, 3.05) is 5.73 Å². The third kappa shape index (κ3) is 1.72. The zero-order chi connectivity index (χ0) is 12.5. The van der Waals surface area contributed by atoms with Crippen molar-refractivity contribution in [2.24, 2.45) is 0 Å². The van der Waals surface area contributed by atoms with E-state index in [-0.39, 0.29) is 0 Å². The Hall–Kier alpha value is -2.36. The van der Waals surface area contributed by atoms with Crippen LogP contribution in [0, 0.1) is 0 Å². The van der Waals surface area contributed by atoms with E-state index in [4.69, 9.17) is 5.73 Å². The summed E-state index contributed by atoms with van der Waals surface area (Å²) < 4.78 is 2.01. The quantitative estimate of drug-likeness (QED) is 0.698. The summed E-state index contributed by atoms with van der Waals surface area (Å²) in [6.07, 6.45) is 4.62. The molecule has 1 aromatic carbocycles. The first kappa shape index (κ1) is 10.8. The molecular formula is C14H14N4. The standard InChI is InChI=1S/C14H14N4/c1-2-13-16-7-8-18(13)14-6-3-10-9-11(15)4-5-12(10)17-14/h3-9H,2,15H2,1H3. The van der Waals surface area contributed by atoms with Gasteiger partial charge in [0.25, 0.3) is 0 Å². The number of aromatic nitrogens is 3. The van der Waals surface area contributed by atoms with Crippen molar-refractivity contribution in [1.82, 2.24) is 14.5 Å². The first-order valence-electron chi connectivity index (χ1n) is 5.97. The van der Waals surface area contributed by atoms with Gasteiger partial charge in [-0.15, -0.1) is 0 Å². The van der Waals surface area contributed by atoms with Crippen LogP contribution in [0.5, 0.6) is 0 Å². The number of anilines is 1. The number of pyridine rings is 1. The Balaban J connectivity index is 2.16. The average molecular weight is 238 g/mol. The molecule has 0 radical (unpaired) electrons. The lowest BCUT2D eigenvalue weighted by molar-refractivity contribution is 0.872. The topological polar surface area (TPSA) is 56.7 Å². The molecule has 4 heteroatoms. The smallest absolute Gasteiger partial charge is 0.138 e. The van der Waals surface area contributed by atoms with Crippen LogP contribution in [-0.4, -0.2) is 14.5 Å². The molecular weight excluding hydrogens is 224 g/mol. The summed E-state index contributed by atoms with van der Waals surface area (Å²) in [5.74, 6) is 1.90. The summed E-state index contributed by atoms with van der Waals surface area (Å²) in [4.78, 5) is 8.94. The first-order valence-corrected chi connectivity index (χ1v) is 5.97. The van der Waals surface area contributed by atoms with Crippen LogP contribution in [-0.2, 0) is 6.42 Å². The second-order valence-corrected chi connectivity index (χ2v) is 4.19. The predicted octanol–water partition coefficient (Wildman–Crippen LogP) is 2.57. The lowest BCUT2D eigenvalue weighted by atomic mass is 10.2. The summed E-state index contributed by atoms with van der Waals surface area (Å²) in [7, 11) is 0. The van der Waals surface area contributed by atoms with Gasteiger partial charge in [0.15, 0.2) is 0 Å². The number of nitrogens with two attached hydrogens (primary N) is 1. The molecule has 2 aromatic heterocycles. The van der Waals surface area contributed by atoms with Gasteiger partial charge in [0.2, 0.25) is 0 Å². The molecule has 0 amide bonds. The molecule has 3 aromatic rings. The summed E-state index contributed by atoms with van der Waals surface area (Å²) in [5, 5.41) is 1.05. The Morgan fingerprint density at radius 3 is 2.94 bits per heavy atom. The maximum atomic E-state index is 5.76. The number of nitrogens with zero attached hydrogens (tertiary/aromatic N) is 3. The van der Waals surface area contributed by atoms with Crippen molar-refractivity contribution < 1.29 is 0 Å². The maximum Gasteiger partial charge on any atom is 0.138 e. The average Bonchev–Trinajstić information content (AvgIpc) is 2.86. The molecule has 0 bridgehead atoms. The minimum Gasteiger partial charge on any atom is -0.399 e. The Bertz CT molecular complexity index is 700. The van der Waals surface area contributed by atoms with Crippen LogP contribution in [0.3, 0.4) is 0 Å². The van der Waals surface area contributed by atoms with Crippen LogP contribution in [0.2, 0.25) is 0 Å². The molecule has 2 N–H and O–H groups in total. The summed E-state index contributed by atoms with van der Waals surface area (Å²) in [5.41, 5.74) is 7.46. The van der Waals surface area contributed by atoms with Crippen LogP contribution in [0.25, 0.3) is 16.7 Å². The van der Waals surface area contributed by atoms with Gasteiger partial charge in [-0.2, -0.15) is 0 Å². The van der Waals surface area contributed by atoms with Crippen molar-refractivity contribution in [3.8, 4) is 5.82 Å². The lowest BCUT2D eigenvalue weighted by Gasteiger charge is -2.07. The second-order valence-electron chi connectivity index (χ2n) is 4.19. The van der Waals surface area contributed by atoms with Gasteiger partial charge in [0, 0.05) is 29.9 Å². The molecule has 3 rings (SSSR count). The van der Waals surface area contributed by atoms with Gasteiger partial charge in [-0.1, -0.05) is 6.92 Å². The van der Waals surface area contributed by atoms with Crippen molar-refractivity contribution in [3.63, 3.8) is 0 Å². The van der Waals surface area contributed by atoms with Gasteiger partial charge in [-0.05, 0) is 30.3 Å². The van der Waals surface area contributed by atoms with Gasteiger partial charge in [-0.3, -0.25) is 4.57 Å². The van der Waals surface area contributed by atoms with E-state index in [1.54, 1.807) is 6.20 Å². The number of aryl methyl sites for hydroxylation is 1. The van der Waals surface area contributed by atoms with E-state index in [0.29, 0.717) is 0 Å². The predicted molar refractivity (Wildman–Crippen MR) is 72.7 cm³/mol. The van der Waals surface area contributed by atoms with Crippen molar-refractivity contribution in [3.05, 3.63) is 48.5 Å². The second kappa shape index (κ2) is 4.14. The highest BCUT2D eigenvalue weighted by molar-refractivity contribution is 5.82. The van der Waals surface area contributed by atoms with E-state index in [1.807, 2.05) is 41.1 Å². The van der Waals surface area contributed by atoms with Crippen LogP contribution >= 0.6 is 0 Å². The number of hydrogen-bond acceptors (Lipinski definition) is 3. The van der Waals surface area contributed by atoms with E-state index >= 15 is 0 Å². The maximum absolute atomic E-state index is 5.76. The van der Waals surface area contributed by atoms with E-state index in [2.05, 4.69) is 16.9 Å². The molecule has 0 unspecified atom stereocenters. The number of fused-ring (bicyclic) bond motifs is 1. The van der Waals surface area contributed by atoms with Crippen LogP contribution in [0.4, 0.5) is 5.69 Å². The van der Waals surface area contributed by atoms with Gasteiger partial charge in [-0.25, -0.2) is 9.97 Å². The number of imidazole rings is 1. The number of benzene rings is 1. The van der Waals surface area contributed by atoms with Gasteiger partial charge in [0.1, 0.15) is 11.6 Å². The van der Waals surface area contributed by atoms with Crippen molar-refractivity contribution in [2.45, 2.75) is 13.3 Å². The summed E-state index contributed by atoms with van der Waals surface area (Å²) in [6, 6.07) is 9.77. The zero-order valence-corrected chi connectivity index (χ0v) is 10.2. The van der Waals surface area contributed by atoms with Crippen molar-refractivity contribution >= 4 is 16.6 Å². The molecule has 0 atom stereocenters. The third-order valence-corrected chi connectivity index (χ3v) is 2.98. The SMILES string of the molecule is CCc1nccn1-c1ccc2cc(N)ccc2n1. The molecule has 0 aliphatic heterocycles. The molecule has 0 spiro atoms. The largest absolute Gasteiger partial charge is 0.399 e. The number of nitrogen functional groups attached to an aromatic ring is 1. The van der Waals surface area contributed by atoms with E-state index in [0.717, 1.165) is 34.7 Å². The third-order valence-electron chi connectivity index (χ3n) is 2.98. The molecule has 0 aliphatic carbocycles. The van der Waals surface area contributed by atoms with Gasteiger partial charge >= 0.3 is 0 Å². The van der Waals surface area contributed by atoms with Gasteiger partial charge in [0.05, 0.1) is 5.52 Å². The van der Waals surface area contributed by atoms with Gasteiger partial charge < -0.3 is 5.73 Å². The van der Waals surface area contributed by atoms with E-state index < -0.39 is 0 Å². The molecule has 4 nitrogen and oxygen atoms in total. The van der Waals surface area contributed by atoms with E-state index in [9.17, 15) is 0 Å². The van der Waals surface area contributed by atoms with Crippen molar-refractivity contribution in [1.29, 1.82) is 0 Å². The summed E-state index contributed by atoms with van der Waals surface area (Å²) >= 11 is 0. The normalized spacial score (nSPS) is 10.9. The Kier molecular flexibility index (Phi) is 2.48. The van der Waals surface area contributed by atoms with Crippen LogP contribution in [0.1, 0.15) is 12.7 Å². The molecule has 18 heavy (non-hydrogen) atoms. The van der Waals surface area contributed by atoms with Crippen LogP contribution < -0.4 is 5.73 Å². The molecule has 0 saturated carbocycles. The minimum atomic E-state index is 0.758. The fourth-order valence-electron chi connectivity index (χ4n) is 2.07. The zero-order valence-electron chi connectivity index (χ0n) is 10.2. The summed E-state index contributed by atoms with van der Waals surface area (Å²) in [6.45, 7) is 2.08. The highest BCUT2D eigenvalue weighted by Gasteiger charge is 2.05. The fraction of sp³-hybridized carbons (Fsp3) is 0.143. The molecule has 2 heterocycles. The lowest BCUT2D eigenvalue weighted by Crippen LogP contribution is -2.01. The Morgan fingerprint density at radius 1 is 1.22 bits per heavy atom. The Labute approximate surface area is 105 Å². The highest BCUT2D eigenvalue weighted by atomic mass is 15.1. The van der Waals surface area contributed by atoms with E-state index in [1.165, 1.54) is 0 Å². The fourth-order valence-corrected chi connectivity index (χ4v) is 2.07. The molecule has 0 aliphatic rings.